The summed E-state index contributed by atoms with van der Waals surface area (Å²) in [4.78, 5) is 16.4. The average Bonchev–Trinajstić information content (AvgIpc) is 2.39. The van der Waals surface area contributed by atoms with Gasteiger partial charge in [-0.25, -0.2) is 9.18 Å². The van der Waals surface area contributed by atoms with Crippen molar-refractivity contribution in [3.05, 3.63) is 59.7 Å². The van der Waals surface area contributed by atoms with E-state index in [0.717, 1.165) is 11.6 Å². The molecule has 0 saturated carbocycles. The fraction of sp³-hybridized carbons (Fsp3) is 0.143. The zero-order valence-electron chi connectivity index (χ0n) is 10.4. The Hall–Kier alpha value is -2.43. The van der Waals surface area contributed by atoms with E-state index in [1.165, 1.54) is 12.1 Å². The molecule has 1 heterocycles. The molecule has 0 bridgehead atoms. The summed E-state index contributed by atoms with van der Waals surface area (Å²) in [5, 5.41) is 8.79. The lowest BCUT2D eigenvalue weighted by atomic mass is 10.1. The van der Waals surface area contributed by atoms with Crippen LogP contribution in [0.1, 0.15) is 15.9 Å². The van der Waals surface area contributed by atoms with Gasteiger partial charge in [0.15, 0.2) is 0 Å². The first-order valence-corrected chi connectivity index (χ1v) is 5.71. The minimum atomic E-state index is -1.14. The monoisotopic (exact) mass is 260 g/mol. The van der Waals surface area contributed by atoms with Gasteiger partial charge in [0.1, 0.15) is 5.82 Å². The van der Waals surface area contributed by atoms with Gasteiger partial charge in [-0.2, -0.15) is 0 Å². The lowest BCUT2D eigenvalue weighted by molar-refractivity contribution is 0.0696. The highest BCUT2D eigenvalue weighted by molar-refractivity contribution is 5.88. The number of aromatic nitrogens is 1. The smallest absolute Gasteiger partial charge is 0.335 e. The normalized spacial score (nSPS) is 10.2. The number of hydrogen-bond acceptors (Lipinski definition) is 3. The largest absolute Gasteiger partial charge is 0.478 e. The first-order chi connectivity index (χ1) is 9.08. The van der Waals surface area contributed by atoms with Crippen LogP contribution in [0.15, 0.2) is 42.7 Å². The van der Waals surface area contributed by atoms with Crippen molar-refractivity contribution < 1.29 is 14.3 Å². The summed E-state index contributed by atoms with van der Waals surface area (Å²) in [7, 11) is 1.74. The molecule has 0 amide bonds. The number of rotatable bonds is 4. The van der Waals surface area contributed by atoms with E-state index in [0.29, 0.717) is 12.2 Å². The topological polar surface area (TPSA) is 53.4 Å². The molecule has 1 aromatic carbocycles. The first-order valence-electron chi connectivity index (χ1n) is 5.71. The van der Waals surface area contributed by atoms with Crippen molar-refractivity contribution in [2.75, 3.05) is 11.9 Å². The Balaban J connectivity index is 2.20. The average molecular weight is 260 g/mol. The molecule has 0 aliphatic rings. The number of carboxylic acid groups (broad SMARTS) is 1. The van der Waals surface area contributed by atoms with Crippen LogP contribution >= 0.6 is 0 Å². The molecule has 2 rings (SSSR count). The van der Waals surface area contributed by atoms with Crippen molar-refractivity contribution in [1.29, 1.82) is 0 Å². The van der Waals surface area contributed by atoms with Crippen molar-refractivity contribution in [3.63, 3.8) is 0 Å². The van der Waals surface area contributed by atoms with E-state index in [1.54, 1.807) is 24.3 Å². The predicted octanol–water partition coefficient (Wildman–Crippen LogP) is 2.56. The van der Waals surface area contributed by atoms with Gasteiger partial charge in [0.05, 0.1) is 11.3 Å². The van der Waals surface area contributed by atoms with E-state index < -0.39 is 11.8 Å². The number of halogens is 1. The highest BCUT2D eigenvalue weighted by atomic mass is 19.1. The maximum absolute atomic E-state index is 13.8. The molecular weight excluding hydrogens is 247 g/mol. The van der Waals surface area contributed by atoms with E-state index in [1.807, 2.05) is 12.1 Å². The molecule has 0 aliphatic heterocycles. The lowest BCUT2D eigenvalue weighted by Crippen LogP contribution is -2.18. The van der Waals surface area contributed by atoms with Gasteiger partial charge in [-0.3, -0.25) is 4.98 Å². The van der Waals surface area contributed by atoms with Gasteiger partial charge in [0.2, 0.25) is 0 Å². The second kappa shape index (κ2) is 5.48. The summed E-state index contributed by atoms with van der Waals surface area (Å²) in [6.45, 7) is 0.497. The summed E-state index contributed by atoms with van der Waals surface area (Å²) in [5.74, 6) is -1.69. The van der Waals surface area contributed by atoms with Crippen LogP contribution in [0, 0.1) is 5.82 Å². The van der Waals surface area contributed by atoms with Gasteiger partial charge in [0, 0.05) is 26.0 Å². The summed E-state index contributed by atoms with van der Waals surface area (Å²) in [5.41, 5.74) is 1.25. The Bertz CT molecular complexity index is 587. The second-order valence-corrected chi connectivity index (χ2v) is 4.19. The minimum Gasteiger partial charge on any atom is -0.478 e. The molecule has 1 aromatic heterocycles. The van der Waals surface area contributed by atoms with Crippen molar-refractivity contribution in [2.24, 2.45) is 0 Å². The van der Waals surface area contributed by atoms with E-state index in [2.05, 4.69) is 4.98 Å². The number of hydrogen-bond donors (Lipinski definition) is 1. The van der Waals surface area contributed by atoms with Gasteiger partial charge in [-0.1, -0.05) is 6.07 Å². The molecule has 98 valence electrons. The van der Waals surface area contributed by atoms with Crippen molar-refractivity contribution in [3.8, 4) is 0 Å². The van der Waals surface area contributed by atoms with Crippen molar-refractivity contribution in [2.45, 2.75) is 6.54 Å². The molecule has 19 heavy (non-hydrogen) atoms. The SMILES string of the molecule is CN(Cc1cccnc1)c1ccc(C(=O)O)cc1F. The Morgan fingerprint density at radius 2 is 2.21 bits per heavy atom. The first kappa shape index (κ1) is 13.0. The third-order valence-corrected chi connectivity index (χ3v) is 2.75. The van der Waals surface area contributed by atoms with Gasteiger partial charge >= 0.3 is 5.97 Å². The molecule has 0 fully saturated rings. The van der Waals surface area contributed by atoms with E-state index in [9.17, 15) is 9.18 Å². The molecular formula is C14H13FN2O2. The van der Waals surface area contributed by atoms with Crippen LogP contribution in [0.3, 0.4) is 0 Å². The Kier molecular flexibility index (Phi) is 3.75. The standard InChI is InChI=1S/C14H13FN2O2/c1-17(9-10-3-2-6-16-8-10)13-5-4-11(14(18)19)7-12(13)15/h2-8H,9H2,1H3,(H,18,19). The fourth-order valence-electron chi connectivity index (χ4n) is 1.80. The van der Waals surface area contributed by atoms with Gasteiger partial charge in [-0.15, -0.1) is 0 Å². The number of benzene rings is 1. The van der Waals surface area contributed by atoms with Crippen LogP contribution in [0.5, 0.6) is 0 Å². The minimum absolute atomic E-state index is 0.0592. The summed E-state index contributed by atoms with van der Waals surface area (Å²) in [6.07, 6.45) is 3.38. The maximum Gasteiger partial charge on any atom is 0.335 e. The van der Waals surface area contributed by atoms with Crippen LogP contribution in [-0.2, 0) is 6.54 Å². The molecule has 0 radical (unpaired) electrons. The summed E-state index contributed by atoms with van der Waals surface area (Å²) >= 11 is 0. The molecule has 0 atom stereocenters. The molecule has 4 nitrogen and oxygen atoms in total. The summed E-state index contributed by atoms with van der Waals surface area (Å²) in [6, 6.07) is 7.59. The van der Waals surface area contributed by atoms with Crippen molar-refractivity contribution >= 4 is 11.7 Å². The zero-order chi connectivity index (χ0) is 13.8. The highest BCUT2D eigenvalue weighted by Crippen LogP contribution is 2.21. The Morgan fingerprint density at radius 3 is 2.79 bits per heavy atom. The second-order valence-electron chi connectivity index (χ2n) is 4.19. The quantitative estimate of drug-likeness (QED) is 0.917. The van der Waals surface area contributed by atoms with Crippen LogP contribution in [0.4, 0.5) is 10.1 Å². The maximum atomic E-state index is 13.8. The Labute approximate surface area is 110 Å². The van der Waals surface area contributed by atoms with Gasteiger partial charge in [0.25, 0.3) is 0 Å². The molecule has 1 N–H and O–H groups in total. The third-order valence-electron chi connectivity index (χ3n) is 2.75. The van der Waals surface area contributed by atoms with Crippen LogP contribution < -0.4 is 4.90 Å². The molecule has 0 unspecified atom stereocenters. The predicted molar refractivity (Wildman–Crippen MR) is 69.7 cm³/mol. The van der Waals surface area contributed by atoms with Gasteiger partial charge in [-0.05, 0) is 29.8 Å². The number of carboxylic acids is 1. The van der Waals surface area contributed by atoms with Gasteiger partial charge < -0.3 is 10.0 Å². The third kappa shape index (κ3) is 3.07. The Morgan fingerprint density at radius 1 is 1.42 bits per heavy atom. The number of pyridine rings is 1. The van der Waals surface area contributed by atoms with E-state index in [4.69, 9.17) is 5.11 Å². The molecule has 2 aromatic rings. The van der Waals surface area contributed by atoms with E-state index >= 15 is 0 Å². The lowest BCUT2D eigenvalue weighted by Gasteiger charge is -2.20. The summed E-state index contributed by atoms with van der Waals surface area (Å²) < 4.78 is 13.8. The van der Waals surface area contributed by atoms with E-state index in [-0.39, 0.29) is 5.56 Å². The number of aromatic carboxylic acids is 1. The zero-order valence-corrected chi connectivity index (χ0v) is 10.4. The van der Waals surface area contributed by atoms with Crippen LogP contribution in [-0.4, -0.2) is 23.1 Å². The molecule has 0 aliphatic carbocycles. The highest BCUT2D eigenvalue weighted by Gasteiger charge is 2.11. The number of nitrogens with zero attached hydrogens (tertiary/aromatic N) is 2. The fourth-order valence-corrected chi connectivity index (χ4v) is 1.80. The number of anilines is 1. The number of carbonyl (C=O) groups is 1. The van der Waals surface area contributed by atoms with Crippen molar-refractivity contribution in [1.82, 2.24) is 4.98 Å². The molecule has 0 saturated heterocycles. The molecule has 0 spiro atoms. The van der Waals surface area contributed by atoms with Crippen LogP contribution in [0.25, 0.3) is 0 Å². The molecule has 5 heteroatoms. The van der Waals surface area contributed by atoms with Crippen LogP contribution in [0.2, 0.25) is 0 Å².